The van der Waals surface area contributed by atoms with Gasteiger partial charge in [0.25, 0.3) is 5.91 Å². The van der Waals surface area contributed by atoms with Gasteiger partial charge in [0, 0.05) is 11.6 Å². The van der Waals surface area contributed by atoms with Crippen LogP contribution in [0.4, 0.5) is 0 Å². The van der Waals surface area contributed by atoms with Crippen LogP contribution in [0.2, 0.25) is 0 Å². The Labute approximate surface area is 149 Å². The van der Waals surface area contributed by atoms with Gasteiger partial charge in [-0.05, 0) is 31.2 Å². The SMILES string of the molecule is COc1ccc2ncccc2c1-n1ncc(C(=O)NC(=N)N)c1C.Cl. The van der Waals surface area contributed by atoms with E-state index in [0.29, 0.717) is 22.7 Å². The maximum atomic E-state index is 12.1. The Kier molecular flexibility index (Phi) is 5.23. The average molecular weight is 361 g/mol. The number of guanidine groups is 1. The maximum absolute atomic E-state index is 12.1. The maximum Gasteiger partial charge on any atom is 0.261 e. The van der Waals surface area contributed by atoms with E-state index >= 15 is 0 Å². The van der Waals surface area contributed by atoms with Gasteiger partial charge in [-0.3, -0.25) is 20.5 Å². The van der Waals surface area contributed by atoms with Crippen LogP contribution in [0.5, 0.6) is 5.75 Å². The molecule has 130 valence electrons. The monoisotopic (exact) mass is 360 g/mol. The van der Waals surface area contributed by atoms with Crippen molar-refractivity contribution in [2.75, 3.05) is 7.11 Å². The lowest BCUT2D eigenvalue weighted by molar-refractivity contribution is 0.0976. The number of carbonyl (C=O) groups is 1. The third-order valence-electron chi connectivity index (χ3n) is 3.65. The van der Waals surface area contributed by atoms with E-state index in [1.54, 1.807) is 31.0 Å². The number of halogens is 1. The second kappa shape index (κ2) is 7.18. The molecule has 25 heavy (non-hydrogen) atoms. The zero-order valence-corrected chi connectivity index (χ0v) is 14.4. The number of hydrogen-bond acceptors (Lipinski definition) is 5. The molecule has 0 aliphatic rings. The van der Waals surface area contributed by atoms with Gasteiger partial charge in [0.05, 0.1) is 30.1 Å². The smallest absolute Gasteiger partial charge is 0.261 e. The normalized spacial score (nSPS) is 10.2. The molecule has 8 nitrogen and oxygen atoms in total. The van der Waals surface area contributed by atoms with Crippen molar-refractivity contribution in [1.82, 2.24) is 20.1 Å². The molecule has 2 aromatic heterocycles. The first-order valence-electron chi connectivity index (χ1n) is 7.15. The number of amides is 1. The van der Waals surface area contributed by atoms with Gasteiger partial charge < -0.3 is 10.5 Å². The Morgan fingerprint density at radius 3 is 2.80 bits per heavy atom. The van der Waals surface area contributed by atoms with E-state index in [-0.39, 0.29) is 12.4 Å². The highest BCUT2D eigenvalue weighted by Gasteiger charge is 2.19. The molecule has 0 spiro atoms. The molecule has 1 aromatic carbocycles. The minimum absolute atomic E-state index is 0. The summed E-state index contributed by atoms with van der Waals surface area (Å²) in [5.74, 6) is -0.289. The van der Waals surface area contributed by atoms with Gasteiger partial charge >= 0.3 is 0 Å². The Bertz CT molecular complexity index is 953. The number of aromatic nitrogens is 3. The second-order valence-corrected chi connectivity index (χ2v) is 5.11. The van der Waals surface area contributed by atoms with E-state index in [2.05, 4.69) is 15.4 Å². The van der Waals surface area contributed by atoms with Crippen LogP contribution in [0.25, 0.3) is 16.6 Å². The van der Waals surface area contributed by atoms with Gasteiger partial charge in [-0.25, -0.2) is 4.68 Å². The number of nitrogens with one attached hydrogen (secondary N) is 2. The molecule has 0 atom stereocenters. The minimum Gasteiger partial charge on any atom is -0.494 e. The van der Waals surface area contributed by atoms with Crippen LogP contribution in [0.15, 0.2) is 36.7 Å². The summed E-state index contributed by atoms with van der Waals surface area (Å²) < 4.78 is 7.08. The first kappa shape index (κ1) is 18.2. The van der Waals surface area contributed by atoms with Crippen molar-refractivity contribution in [2.45, 2.75) is 6.92 Å². The summed E-state index contributed by atoms with van der Waals surface area (Å²) in [7, 11) is 1.57. The molecule has 0 aliphatic heterocycles. The molecule has 0 saturated heterocycles. The zero-order valence-electron chi connectivity index (χ0n) is 13.6. The number of nitrogens with two attached hydrogens (primary N) is 1. The molecule has 9 heteroatoms. The molecule has 1 amide bonds. The molecule has 0 unspecified atom stereocenters. The van der Waals surface area contributed by atoms with E-state index in [0.717, 1.165) is 10.9 Å². The van der Waals surface area contributed by atoms with Crippen LogP contribution < -0.4 is 15.8 Å². The molecule has 3 rings (SSSR count). The van der Waals surface area contributed by atoms with E-state index in [9.17, 15) is 4.79 Å². The van der Waals surface area contributed by atoms with Crippen molar-refractivity contribution < 1.29 is 9.53 Å². The average Bonchev–Trinajstić information content (AvgIpc) is 2.94. The number of methoxy groups -OCH3 is 1. The Morgan fingerprint density at radius 1 is 1.36 bits per heavy atom. The number of nitrogens with zero attached hydrogens (tertiary/aromatic N) is 3. The first-order chi connectivity index (χ1) is 11.5. The Balaban J connectivity index is 0.00000225. The van der Waals surface area contributed by atoms with Crippen molar-refractivity contribution >= 4 is 35.2 Å². The van der Waals surface area contributed by atoms with Crippen LogP contribution in [-0.2, 0) is 0 Å². The molecule has 0 saturated carbocycles. The lowest BCUT2D eigenvalue weighted by atomic mass is 10.1. The van der Waals surface area contributed by atoms with Crippen molar-refractivity contribution in [3.8, 4) is 11.4 Å². The van der Waals surface area contributed by atoms with Crippen LogP contribution in [-0.4, -0.2) is 33.7 Å². The molecule has 0 fully saturated rings. The van der Waals surface area contributed by atoms with Crippen LogP contribution >= 0.6 is 12.4 Å². The number of carbonyl (C=O) groups excluding carboxylic acids is 1. The number of pyridine rings is 1. The number of fused-ring (bicyclic) bond motifs is 1. The number of rotatable bonds is 3. The number of benzene rings is 1. The molecular formula is C16H17ClN6O2. The molecule has 0 bridgehead atoms. The molecule has 0 radical (unpaired) electrons. The summed E-state index contributed by atoms with van der Waals surface area (Å²) >= 11 is 0. The summed E-state index contributed by atoms with van der Waals surface area (Å²) in [4.78, 5) is 16.4. The fourth-order valence-electron chi connectivity index (χ4n) is 2.55. The predicted molar refractivity (Wildman–Crippen MR) is 96.8 cm³/mol. The van der Waals surface area contributed by atoms with Gasteiger partial charge in [0.15, 0.2) is 5.96 Å². The van der Waals surface area contributed by atoms with Crippen molar-refractivity contribution in [1.29, 1.82) is 5.41 Å². The lowest BCUT2D eigenvalue weighted by Gasteiger charge is -2.13. The Hall–Kier alpha value is -3.13. The summed E-state index contributed by atoms with van der Waals surface area (Å²) in [6.45, 7) is 1.76. The molecule has 4 N–H and O–H groups in total. The van der Waals surface area contributed by atoms with Gasteiger partial charge in [-0.2, -0.15) is 5.10 Å². The lowest BCUT2D eigenvalue weighted by Crippen LogP contribution is -2.35. The summed E-state index contributed by atoms with van der Waals surface area (Å²) in [6, 6.07) is 7.41. The summed E-state index contributed by atoms with van der Waals surface area (Å²) in [6.07, 6.45) is 3.14. The quantitative estimate of drug-likeness (QED) is 0.486. The standard InChI is InChI=1S/C16H16N6O2.ClH/c1-9-11(15(23)21-16(17)18)8-20-22(9)14-10-4-3-7-19-12(10)5-6-13(14)24-2;/h3-8H,1-2H3,(H4,17,18,21,23);1H. The zero-order chi connectivity index (χ0) is 17.3. The van der Waals surface area contributed by atoms with Crippen LogP contribution in [0, 0.1) is 12.3 Å². The third-order valence-corrected chi connectivity index (χ3v) is 3.65. The van der Waals surface area contributed by atoms with Gasteiger partial charge in [0.2, 0.25) is 0 Å². The molecular weight excluding hydrogens is 344 g/mol. The van der Waals surface area contributed by atoms with Crippen molar-refractivity contribution in [3.05, 3.63) is 47.9 Å². The second-order valence-electron chi connectivity index (χ2n) is 5.11. The first-order valence-corrected chi connectivity index (χ1v) is 7.15. The van der Waals surface area contributed by atoms with Gasteiger partial charge in [0.1, 0.15) is 11.4 Å². The highest BCUT2D eigenvalue weighted by molar-refractivity contribution is 6.05. The summed E-state index contributed by atoms with van der Waals surface area (Å²) in [5.41, 5.74) is 7.63. The topological polar surface area (TPSA) is 119 Å². The highest BCUT2D eigenvalue weighted by Crippen LogP contribution is 2.31. The van der Waals surface area contributed by atoms with Crippen LogP contribution in [0.1, 0.15) is 16.1 Å². The highest BCUT2D eigenvalue weighted by atomic mass is 35.5. The third kappa shape index (κ3) is 3.24. The Morgan fingerprint density at radius 2 is 2.12 bits per heavy atom. The largest absolute Gasteiger partial charge is 0.494 e. The minimum atomic E-state index is -0.483. The van der Waals surface area contributed by atoms with Crippen molar-refractivity contribution in [2.24, 2.45) is 5.73 Å². The number of hydrogen-bond donors (Lipinski definition) is 3. The van der Waals surface area contributed by atoms with Crippen molar-refractivity contribution in [3.63, 3.8) is 0 Å². The molecule has 3 aromatic rings. The van der Waals surface area contributed by atoms with E-state index in [1.807, 2.05) is 18.2 Å². The molecule has 2 heterocycles. The fraction of sp³-hybridized carbons (Fsp3) is 0.125. The van der Waals surface area contributed by atoms with Gasteiger partial charge in [-0.15, -0.1) is 12.4 Å². The van der Waals surface area contributed by atoms with Crippen LogP contribution in [0.3, 0.4) is 0 Å². The number of ether oxygens (including phenoxy) is 1. The fourth-order valence-corrected chi connectivity index (χ4v) is 2.55. The van der Waals surface area contributed by atoms with E-state index in [1.165, 1.54) is 6.20 Å². The van der Waals surface area contributed by atoms with E-state index in [4.69, 9.17) is 15.9 Å². The summed E-state index contributed by atoms with van der Waals surface area (Å²) in [5, 5.41) is 14.6. The predicted octanol–water partition coefficient (Wildman–Crippen LogP) is 1.78. The van der Waals surface area contributed by atoms with Gasteiger partial charge in [-0.1, -0.05) is 0 Å². The molecule has 0 aliphatic carbocycles. The van der Waals surface area contributed by atoms with E-state index < -0.39 is 11.9 Å².